The molecule has 15 rings (SSSR count). The molecule has 8 aromatic heterocycles. The lowest BCUT2D eigenvalue weighted by Crippen LogP contribution is -2.48. The summed E-state index contributed by atoms with van der Waals surface area (Å²) in [7, 11) is -6.50. The highest BCUT2D eigenvalue weighted by Gasteiger charge is 2.59. The molecule has 13 aromatic rings. The molecule has 7 atom stereocenters. The minimum atomic E-state index is -4.76. The molecule has 10 heterocycles. The Kier molecular flexibility index (Phi) is 32.3. The highest BCUT2D eigenvalue weighted by atomic mass is 31.2. The number of halogens is 6. The quantitative estimate of drug-likeness (QED) is 0.0199. The number of tetrazole rings is 2. The monoisotopic (exact) mass is 1840 g/mol. The molecular weight excluding hydrogens is 1740 g/mol. The summed E-state index contributed by atoms with van der Waals surface area (Å²) < 4.78 is 150. The van der Waals surface area contributed by atoms with Crippen molar-refractivity contribution in [3.05, 3.63) is 287 Å². The Balaban J connectivity index is 0.000000237. The van der Waals surface area contributed by atoms with E-state index in [1.54, 1.807) is 54.4 Å². The van der Waals surface area contributed by atoms with Crippen LogP contribution < -0.4 is 31.0 Å². The maximum Gasteiger partial charge on any atom is 0.469 e. The zero-order valence-corrected chi connectivity index (χ0v) is 72.9. The Morgan fingerprint density at radius 2 is 0.829 bits per heavy atom. The average Bonchev–Trinajstić information content (AvgIpc) is 1.64. The van der Waals surface area contributed by atoms with Crippen molar-refractivity contribution in [1.29, 1.82) is 0 Å². The summed E-state index contributed by atoms with van der Waals surface area (Å²) in [5, 5.41) is 60.0. The van der Waals surface area contributed by atoms with Crippen molar-refractivity contribution in [3.8, 4) is 33.9 Å². The fourth-order valence-corrected chi connectivity index (χ4v) is 16.8. The molecule has 2 fully saturated rings. The molecule has 5 aromatic carbocycles. The number of phosphoric acid groups is 1. The number of anilines is 4. The van der Waals surface area contributed by atoms with Gasteiger partial charge in [0.05, 0.1) is 67.8 Å². The minimum Gasteiger partial charge on any atom is -0.397 e. The molecule has 2 aliphatic rings. The second-order valence-corrected chi connectivity index (χ2v) is 33.1. The molecule has 35 nitrogen and oxygen atoms in total. The van der Waals surface area contributed by atoms with Gasteiger partial charge in [-0.05, 0) is 144 Å². The van der Waals surface area contributed by atoms with Crippen molar-refractivity contribution in [2.75, 3.05) is 85.2 Å². The van der Waals surface area contributed by atoms with Gasteiger partial charge in [-0.1, -0.05) is 124 Å². The second kappa shape index (κ2) is 42.8. The number of rotatable bonds is 31. The van der Waals surface area contributed by atoms with E-state index < -0.39 is 121 Å². The first kappa shape index (κ1) is 97.4. The number of pyridine rings is 4. The Morgan fingerprint density at radius 1 is 0.473 bits per heavy atom. The van der Waals surface area contributed by atoms with Crippen molar-refractivity contribution in [2.45, 2.75) is 122 Å². The van der Waals surface area contributed by atoms with Gasteiger partial charge in [-0.15, -0.1) is 10.2 Å². The number of hydrogen-bond acceptors (Lipinski definition) is 27. The molecule has 3 unspecified atom stereocenters. The van der Waals surface area contributed by atoms with Crippen molar-refractivity contribution in [3.63, 3.8) is 0 Å². The maximum atomic E-state index is 16.2. The predicted molar refractivity (Wildman–Crippen MR) is 468 cm³/mol. The Bertz CT molecular complexity index is 5970. The number of alkyl halides is 4. The van der Waals surface area contributed by atoms with E-state index in [9.17, 15) is 47.5 Å². The summed E-state index contributed by atoms with van der Waals surface area (Å²) in [6.45, 7) is 14.3. The molecule has 0 bridgehead atoms. The lowest BCUT2D eigenvalue weighted by atomic mass is 9.84. The summed E-state index contributed by atoms with van der Waals surface area (Å²) in [5.74, 6) is -9.39. The summed E-state index contributed by atoms with van der Waals surface area (Å²) in [5.41, 5.74) is -2.64. The van der Waals surface area contributed by atoms with Gasteiger partial charge in [0.1, 0.15) is 69.1 Å². The van der Waals surface area contributed by atoms with Crippen LogP contribution in [-0.2, 0) is 70.0 Å². The van der Waals surface area contributed by atoms with Gasteiger partial charge in [0, 0.05) is 112 Å². The molecule has 5 N–H and O–H groups in total. The summed E-state index contributed by atoms with van der Waals surface area (Å²) in [6, 6.07) is 45.5. The third kappa shape index (κ3) is 22.5. The fraction of sp³-hybridized carbons (Fsp3) is 0.341. The molecule has 129 heavy (non-hydrogen) atoms. The van der Waals surface area contributed by atoms with Crippen molar-refractivity contribution < 1.29 is 78.7 Å². The number of hydrogen-bond donors (Lipinski definition) is 5. The van der Waals surface area contributed by atoms with E-state index >= 15 is 17.6 Å². The fourth-order valence-electron chi connectivity index (χ4n) is 15.1. The van der Waals surface area contributed by atoms with Crippen LogP contribution >= 0.6 is 24.5 Å². The highest BCUT2D eigenvalue weighted by molar-refractivity contribution is 7.53. The number of phosphoric ester groups is 1. The van der Waals surface area contributed by atoms with Gasteiger partial charge in [0.2, 0.25) is 0 Å². The Labute approximate surface area is 739 Å². The number of piperazine rings is 2. The van der Waals surface area contributed by atoms with E-state index in [1.165, 1.54) is 88.9 Å². The first-order valence-electron chi connectivity index (χ1n) is 40.4. The standard InChI is InChI=1S/C45H47F3N11O5P.C37H39F3N11O6P.C2H6O.CH4.HOP/c1-4-40(32(2)64-65(3,62)63-28-33-10-6-5-7-11-33)59-43(60)58(31-52-59)42-21-19-37(27-50-42)56-24-22-55(23-25-56)36-17-14-34(15-18-36)35-16-20-41(49-26-35)45(47,48)44(61,29-57-30-51-53-54-57)38-12-8-9-13-39(38)46;1-3-32(25(2)57-58(54,55)56)51-35(52)50(24-44-51)34-15-13-29(21-42-34)48-18-16-47(17-19-48)28-11-8-26(9-12-28)27-10-14-33(41-20-27)37(39,40)36(53,22-49-23-43-45-46-49)30-6-4-5-7-31(30)38;1-2-3;;1-2/h5-21,26-27,30-32,40,61H,4,22-25,28-29H2,1-3H3;4-15,20-21,23-25,32,53H,3,16-19,22H2,1-2H3,(H2,54,55,56);3H,2H2,1H3;1H4;2H/t32-,40-,44?,65?;25-,32-,36?;;;/m00.../s1. The van der Waals surface area contributed by atoms with E-state index in [0.717, 1.165) is 116 Å². The van der Waals surface area contributed by atoms with Crippen LogP contribution in [-0.4, -0.2) is 192 Å². The molecule has 682 valence electrons. The second-order valence-electron chi connectivity index (χ2n) is 29.9. The number of nitrogens with zero attached hydrogens (tertiary/aromatic N) is 22. The third-order valence-electron chi connectivity index (χ3n) is 21.7. The van der Waals surface area contributed by atoms with Crippen molar-refractivity contribution >= 4 is 47.3 Å². The first-order valence-corrected chi connectivity index (χ1v) is 44.3. The zero-order valence-electron chi connectivity index (χ0n) is 70.1. The van der Waals surface area contributed by atoms with E-state index in [0.29, 0.717) is 74.9 Å². The molecule has 0 radical (unpaired) electrons. The van der Waals surface area contributed by atoms with Crippen LogP contribution in [0.15, 0.2) is 236 Å². The Morgan fingerprint density at radius 3 is 1.16 bits per heavy atom. The molecule has 0 amide bonds. The minimum absolute atomic E-state index is 0. The number of benzene rings is 5. The van der Waals surface area contributed by atoms with Crippen LogP contribution in [0.4, 0.5) is 49.1 Å². The van der Waals surface area contributed by atoms with E-state index in [1.807, 2.05) is 97.9 Å². The largest absolute Gasteiger partial charge is 0.469 e. The van der Waals surface area contributed by atoms with Crippen molar-refractivity contribution in [2.24, 2.45) is 0 Å². The maximum absolute atomic E-state index is 16.2. The summed E-state index contributed by atoms with van der Waals surface area (Å²) >= 11 is 0. The smallest absolute Gasteiger partial charge is 0.397 e. The molecule has 2 saturated heterocycles. The summed E-state index contributed by atoms with van der Waals surface area (Å²) in [4.78, 5) is 71.2. The molecule has 2 aliphatic heterocycles. The van der Waals surface area contributed by atoms with Gasteiger partial charge < -0.3 is 53.8 Å². The zero-order chi connectivity index (χ0) is 91.7. The van der Waals surface area contributed by atoms with Gasteiger partial charge in [0.25, 0.3) is 0 Å². The topological polar surface area (TPSA) is 411 Å². The summed E-state index contributed by atoms with van der Waals surface area (Å²) in [6.07, 6.45) is 10.0. The van der Waals surface area contributed by atoms with Crippen LogP contribution in [0.5, 0.6) is 0 Å². The van der Waals surface area contributed by atoms with Gasteiger partial charge in [0.15, 0.2) is 11.2 Å². The van der Waals surface area contributed by atoms with E-state index in [-0.39, 0.29) is 20.6 Å². The highest BCUT2D eigenvalue weighted by Crippen LogP contribution is 2.50. The molecule has 44 heteroatoms. The lowest BCUT2D eigenvalue weighted by Gasteiger charge is -2.37. The van der Waals surface area contributed by atoms with Crippen LogP contribution in [0.3, 0.4) is 0 Å². The van der Waals surface area contributed by atoms with Gasteiger partial charge in [-0.3, -0.25) is 23.6 Å². The van der Waals surface area contributed by atoms with E-state index in [4.69, 9.17) is 23.2 Å². The van der Waals surface area contributed by atoms with Gasteiger partial charge >= 0.3 is 38.6 Å². The molecular formula is C85H97F6N22O13P3. The van der Waals surface area contributed by atoms with Gasteiger partial charge in [-0.25, -0.2) is 60.8 Å². The van der Waals surface area contributed by atoms with Gasteiger partial charge in [-0.2, -0.15) is 27.8 Å². The predicted octanol–water partition coefficient (Wildman–Crippen LogP) is 12.2. The lowest BCUT2D eigenvalue weighted by molar-refractivity contribution is -0.207. The Hall–Kier alpha value is -12.3. The van der Waals surface area contributed by atoms with Crippen molar-refractivity contribution in [1.82, 2.24) is 89.0 Å². The average molecular weight is 1840 g/mol. The number of aromatic nitrogens is 18. The van der Waals surface area contributed by atoms with Crippen LogP contribution in [0, 0.1) is 11.6 Å². The SMILES string of the molecule is C.CCO.CC[C@@H]([C@H](C)OP(=O)(O)O)n1ncn(-c2ccc(N3CCN(c4ccc(-c5ccc(C(F)(F)C(O)(Cn6cnnn6)c6ccccc6F)nc5)cc4)CC3)cn2)c1=O.CC[C@@H]([C@H](C)OP(C)(=O)OCc1ccccc1)n1ncn(-c2ccc(N3CCN(c4ccc(-c5ccc(C(F)(F)C(O)(Cn6cnnn6)c6ccccc6F)nc5)cc4)CC3)cn2)c1=O.O=P. The molecule has 0 aliphatic carbocycles. The third-order valence-corrected chi connectivity index (χ3v) is 23.6. The van der Waals surface area contributed by atoms with Crippen LogP contribution in [0.1, 0.15) is 95.0 Å². The number of aliphatic hydroxyl groups excluding tert-OH is 1. The van der Waals surface area contributed by atoms with E-state index in [2.05, 4.69) is 80.8 Å². The normalized spacial score (nSPS) is 15.5. The first-order chi connectivity index (χ1) is 61.4. The van der Waals surface area contributed by atoms with Crippen LogP contribution in [0.2, 0.25) is 0 Å². The number of aliphatic hydroxyl groups is 3. The van der Waals surface area contributed by atoms with Crippen LogP contribution in [0.25, 0.3) is 33.9 Å². The molecule has 0 spiro atoms. The molecule has 0 saturated carbocycles.